The highest BCUT2D eigenvalue weighted by atomic mass is 15.1. The molecule has 0 aliphatic rings. The van der Waals surface area contributed by atoms with Gasteiger partial charge in [0.2, 0.25) is 0 Å². The van der Waals surface area contributed by atoms with Gasteiger partial charge in [-0.15, -0.1) is 0 Å². The smallest absolute Gasteiger partial charge is 0.126 e. The number of pyridine rings is 1. The Bertz CT molecular complexity index is 414. The fourth-order valence-corrected chi connectivity index (χ4v) is 1.50. The van der Waals surface area contributed by atoms with Crippen molar-refractivity contribution in [2.45, 2.75) is 20.4 Å². The van der Waals surface area contributed by atoms with Gasteiger partial charge in [0.1, 0.15) is 5.82 Å². The molecule has 0 bridgehead atoms. The first-order valence-corrected chi connectivity index (χ1v) is 4.91. The molecule has 4 heteroatoms. The van der Waals surface area contributed by atoms with Crippen LogP contribution in [0.3, 0.4) is 0 Å². The minimum atomic E-state index is 0.718. The molecule has 0 saturated carbocycles. The van der Waals surface area contributed by atoms with Gasteiger partial charge in [0.05, 0.1) is 12.2 Å². The van der Waals surface area contributed by atoms with Crippen molar-refractivity contribution in [3.8, 4) is 0 Å². The molecule has 2 aromatic heterocycles. The third-order valence-electron chi connectivity index (χ3n) is 2.12. The van der Waals surface area contributed by atoms with Crippen molar-refractivity contribution in [2.24, 2.45) is 0 Å². The molecule has 0 fully saturated rings. The molecule has 0 spiro atoms. The summed E-state index contributed by atoms with van der Waals surface area (Å²) in [5, 5.41) is 10.0. The average molecular weight is 202 g/mol. The molecule has 0 radical (unpaired) electrons. The van der Waals surface area contributed by atoms with E-state index in [1.54, 1.807) is 6.20 Å². The molecule has 0 unspecified atom stereocenters. The van der Waals surface area contributed by atoms with E-state index in [-0.39, 0.29) is 0 Å². The van der Waals surface area contributed by atoms with E-state index in [4.69, 9.17) is 0 Å². The molecule has 0 aliphatic carbocycles. The number of aromatic nitrogens is 3. The molecule has 2 N–H and O–H groups in total. The van der Waals surface area contributed by atoms with Crippen LogP contribution in [0.2, 0.25) is 0 Å². The Balaban J connectivity index is 2.05. The first-order chi connectivity index (χ1) is 7.24. The monoisotopic (exact) mass is 202 g/mol. The van der Waals surface area contributed by atoms with Crippen molar-refractivity contribution in [1.82, 2.24) is 15.2 Å². The highest BCUT2D eigenvalue weighted by Gasteiger charge is 1.98. The molecule has 4 nitrogen and oxygen atoms in total. The fourth-order valence-electron chi connectivity index (χ4n) is 1.50. The van der Waals surface area contributed by atoms with Gasteiger partial charge in [-0.2, -0.15) is 5.10 Å². The van der Waals surface area contributed by atoms with Crippen LogP contribution in [0.1, 0.15) is 17.0 Å². The summed E-state index contributed by atoms with van der Waals surface area (Å²) in [7, 11) is 0. The van der Waals surface area contributed by atoms with E-state index in [1.165, 1.54) is 5.56 Å². The van der Waals surface area contributed by atoms with Crippen LogP contribution in [0.5, 0.6) is 0 Å². The van der Waals surface area contributed by atoms with Gasteiger partial charge in [0.25, 0.3) is 0 Å². The number of H-pyrrole nitrogens is 1. The summed E-state index contributed by atoms with van der Waals surface area (Å²) in [5.74, 6) is 0.905. The summed E-state index contributed by atoms with van der Waals surface area (Å²) in [6.07, 6.45) is 1.74. The van der Waals surface area contributed by atoms with Crippen LogP contribution in [0, 0.1) is 13.8 Å². The largest absolute Gasteiger partial charge is 0.364 e. The minimum absolute atomic E-state index is 0.718. The van der Waals surface area contributed by atoms with E-state index in [0.29, 0.717) is 0 Å². The van der Waals surface area contributed by atoms with Gasteiger partial charge >= 0.3 is 0 Å². The van der Waals surface area contributed by atoms with Crippen molar-refractivity contribution in [3.05, 3.63) is 41.3 Å². The van der Waals surface area contributed by atoms with Gasteiger partial charge in [-0.3, -0.25) is 5.10 Å². The third kappa shape index (κ3) is 2.56. The standard InChI is InChI=1S/C11H14N4/c1-8-5-9(2)14-11(6-8)12-7-10-3-4-13-15-10/h3-6H,7H2,1-2H3,(H,12,14)(H,13,15). The average Bonchev–Trinajstić information content (AvgIpc) is 2.65. The summed E-state index contributed by atoms with van der Waals surface area (Å²) in [6.45, 7) is 4.78. The van der Waals surface area contributed by atoms with Crippen LogP contribution in [0.15, 0.2) is 24.4 Å². The number of aryl methyl sites for hydroxylation is 2. The van der Waals surface area contributed by atoms with Crippen molar-refractivity contribution in [3.63, 3.8) is 0 Å². The van der Waals surface area contributed by atoms with Gasteiger partial charge < -0.3 is 5.32 Å². The molecule has 0 aromatic carbocycles. The summed E-state index contributed by atoms with van der Waals surface area (Å²) in [6, 6.07) is 6.03. The molecular formula is C11H14N4. The first kappa shape index (κ1) is 9.71. The molecule has 15 heavy (non-hydrogen) atoms. The maximum Gasteiger partial charge on any atom is 0.126 e. The van der Waals surface area contributed by atoms with E-state index >= 15 is 0 Å². The molecule has 0 aliphatic heterocycles. The number of nitrogens with zero attached hydrogens (tertiary/aromatic N) is 2. The Hall–Kier alpha value is -1.84. The normalized spacial score (nSPS) is 10.3. The summed E-state index contributed by atoms with van der Waals surface area (Å²) in [4.78, 5) is 4.39. The van der Waals surface area contributed by atoms with Crippen LogP contribution in [-0.4, -0.2) is 15.2 Å². The van der Waals surface area contributed by atoms with Crippen molar-refractivity contribution in [1.29, 1.82) is 0 Å². The number of anilines is 1. The second-order valence-electron chi connectivity index (χ2n) is 3.61. The Morgan fingerprint density at radius 3 is 2.87 bits per heavy atom. The highest BCUT2D eigenvalue weighted by molar-refractivity contribution is 5.39. The van der Waals surface area contributed by atoms with E-state index in [9.17, 15) is 0 Å². The van der Waals surface area contributed by atoms with Crippen LogP contribution in [0.4, 0.5) is 5.82 Å². The predicted octanol–water partition coefficient (Wildman–Crippen LogP) is 2.03. The quantitative estimate of drug-likeness (QED) is 0.800. The summed E-state index contributed by atoms with van der Waals surface area (Å²) in [5.41, 5.74) is 3.30. The highest BCUT2D eigenvalue weighted by Crippen LogP contribution is 2.09. The number of hydrogen-bond acceptors (Lipinski definition) is 3. The van der Waals surface area contributed by atoms with Gasteiger partial charge in [0.15, 0.2) is 0 Å². The molecule has 2 aromatic rings. The van der Waals surface area contributed by atoms with Gasteiger partial charge in [-0.1, -0.05) is 0 Å². The molecule has 0 amide bonds. The number of hydrogen-bond donors (Lipinski definition) is 2. The SMILES string of the molecule is Cc1cc(C)nc(NCc2ccn[nH]2)c1. The molecule has 2 heterocycles. The van der Waals surface area contributed by atoms with Crippen molar-refractivity contribution in [2.75, 3.05) is 5.32 Å². The molecule has 78 valence electrons. The maximum atomic E-state index is 4.39. The van der Waals surface area contributed by atoms with Gasteiger partial charge in [0, 0.05) is 11.9 Å². The molecule has 2 rings (SSSR count). The minimum Gasteiger partial charge on any atom is -0.364 e. The lowest BCUT2D eigenvalue weighted by Gasteiger charge is -2.05. The fraction of sp³-hybridized carbons (Fsp3) is 0.273. The zero-order valence-electron chi connectivity index (χ0n) is 8.91. The Morgan fingerprint density at radius 1 is 1.33 bits per heavy atom. The van der Waals surface area contributed by atoms with E-state index in [1.807, 2.05) is 19.1 Å². The lowest BCUT2D eigenvalue weighted by molar-refractivity contribution is 0.971. The zero-order chi connectivity index (χ0) is 10.7. The first-order valence-electron chi connectivity index (χ1n) is 4.91. The van der Waals surface area contributed by atoms with Crippen LogP contribution in [0.25, 0.3) is 0 Å². The number of rotatable bonds is 3. The van der Waals surface area contributed by atoms with Crippen molar-refractivity contribution >= 4 is 5.82 Å². The molecule has 0 saturated heterocycles. The van der Waals surface area contributed by atoms with Gasteiger partial charge in [-0.25, -0.2) is 4.98 Å². The predicted molar refractivity (Wildman–Crippen MR) is 59.6 cm³/mol. The second kappa shape index (κ2) is 4.13. The Labute approximate surface area is 88.8 Å². The Kier molecular flexibility index (Phi) is 2.67. The lowest BCUT2D eigenvalue weighted by Crippen LogP contribution is -2.02. The molecule has 0 atom stereocenters. The number of nitrogens with one attached hydrogen (secondary N) is 2. The maximum absolute atomic E-state index is 4.39. The summed E-state index contributed by atoms with van der Waals surface area (Å²) < 4.78 is 0. The van der Waals surface area contributed by atoms with E-state index < -0.39 is 0 Å². The van der Waals surface area contributed by atoms with E-state index in [2.05, 4.69) is 33.5 Å². The summed E-state index contributed by atoms with van der Waals surface area (Å²) >= 11 is 0. The second-order valence-corrected chi connectivity index (χ2v) is 3.61. The topological polar surface area (TPSA) is 53.6 Å². The number of aromatic amines is 1. The lowest BCUT2D eigenvalue weighted by atomic mass is 10.2. The van der Waals surface area contributed by atoms with Crippen LogP contribution in [-0.2, 0) is 6.54 Å². The Morgan fingerprint density at radius 2 is 2.20 bits per heavy atom. The zero-order valence-corrected chi connectivity index (χ0v) is 8.91. The van der Waals surface area contributed by atoms with Gasteiger partial charge in [-0.05, 0) is 37.6 Å². The third-order valence-corrected chi connectivity index (χ3v) is 2.12. The molecular weight excluding hydrogens is 188 g/mol. The van der Waals surface area contributed by atoms with Crippen LogP contribution >= 0.6 is 0 Å². The van der Waals surface area contributed by atoms with Crippen LogP contribution < -0.4 is 5.32 Å². The van der Waals surface area contributed by atoms with Crippen molar-refractivity contribution < 1.29 is 0 Å². The van der Waals surface area contributed by atoms with E-state index in [0.717, 1.165) is 23.8 Å².